The molecule has 1 aromatic rings. The molecule has 1 N–H and O–H groups in total. The summed E-state index contributed by atoms with van der Waals surface area (Å²) in [7, 11) is 1.42. The Hall–Kier alpha value is -1.62. The Morgan fingerprint density at radius 1 is 1.50 bits per heavy atom. The maximum absolute atomic E-state index is 10.8. The highest BCUT2D eigenvalue weighted by atomic mass is 16.6. The van der Waals surface area contributed by atoms with Crippen LogP contribution in [0.4, 0.5) is 5.69 Å². The maximum Gasteiger partial charge on any atom is 0.311 e. The highest BCUT2D eigenvalue weighted by Crippen LogP contribution is 2.27. The van der Waals surface area contributed by atoms with Gasteiger partial charge in [0.25, 0.3) is 0 Å². The van der Waals surface area contributed by atoms with Crippen molar-refractivity contribution in [3.8, 4) is 5.75 Å². The van der Waals surface area contributed by atoms with Crippen LogP contribution < -0.4 is 10.1 Å². The zero-order valence-corrected chi connectivity index (χ0v) is 9.69. The molecular formula is C11H16N2O3. The molecule has 1 aromatic carbocycles. The molecule has 88 valence electrons. The SMILES string of the molecule is COc1ccc(CNC(C)C)cc1[N+](=O)[O-]. The standard InChI is InChI=1S/C11H16N2O3/c1-8(2)12-7-9-4-5-11(16-3)10(6-9)13(14)15/h4-6,8,12H,7H2,1-3H3. The lowest BCUT2D eigenvalue weighted by Crippen LogP contribution is -2.21. The molecule has 0 saturated heterocycles. The van der Waals surface area contributed by atoms with Gasteiger partial charge in [0.1, 0.15) is 0 Å². The largest absolute Gasteiger partial charge is 0.490 e. The van der Waals surface area contributed by atoms with Crippen LogP contribution >= 0.6 is 0 Å². The fraction of sp³-hybridized carbons (Fsp3) is 0.455. The fourth-order valence-corrected chi connectivity index (χ4v) is 1.31. The van der Waals surface area contributed by atoms with Crippen molar-refractivity contribution in [3.63, 3.8) is 0 Å². The Labute approximate surface area is 94.6 Å². The van der Waals surface area contributed by atoms with Crippen molar-refractivity contribution in [3.05, 3.63) is 33.9 Å². The van der Waals surface area contributed by atoms with Crippen LogP contribution in [0, 0.1) is 10.1 Å². The number of ether oxygens (including phenoxy) is 1. The van der Waals surface area contributed by atoms with E-state index in [2.05, 4.69) is 5.32 Å². The van der Waals surface area contributed by atoms with Crippen LogP contribution in [0.25, 0.3) is 0 Å². The van der Waals surface area contributed by atoms with E-state index in [0.29, 0.717) is 18.3 Å². The van der Waals surface area contributed by atoms with E-state index < -0.39 is 4.92 Å². The summed E-state index contributed by atoms with van der Waals surface area (Å²) in [5, 5.41) is 14.0. The van der Waals surface area contributed by atoms with E-state index in [1.807, 2.05) is 19.9 Å². The van der Waals surface area contributed by atoms with Gasteiger partial charge in [-0.3, -0.25) is 10.1 Å². The zero-order chi connectivity index (χ0) is 12.1. The average molecular weight is 224 g/mol. The first-order valence-electron chi connectivity index (χ1n) is 5.09. The molecular weight excluding hydrogens is 208 g/mol. The normalized spacial score (nSPS) is 10.5. The first-order valence-corrected chi connectivity index (χ1v) is 5.09. The zero-order valence-electron chi connectivity index (χ0n) is 9.69. The summed E-state index contributed by atoms with van der Waals surface area (Å²) in [6, 6.07) is 5.33. The Balaban J connectivity index is 2.89. The number of methoxy groups -OCH3 is 1. The monoisotopic (exact) mass is 224 g/mol. The van der Waals surface area contributed by atoms with Crippen LogP contribution in [-0.4, -0.2) is 18.1 Å². The summed E-state index contributed by atoms with van der Waals surface area (Å²) < 4.78 is 4.93. The minimum absolute atomic E-state index is 0.00514. The molecule has 0 amide bonds. The smallest absolute Gasteiger partial charge is 0.311 e. The summed E-state index contributed by atoms with van der Waals surface area (Å²) in [6.07, 6.45) is 0. The number of nitro benzene ring substituents is 1. The Bertz CT molecular complexity index is 377. The van der Waals surface area contributed by atoms with Crippen molar-refractivity contribution in [1.29, 1.82) is 0 Å². The number of benzene rings is 1. The molecule has 0 aliphatic rings. The van der Waals surface area contributed by atoms with E-state index >= 15 is 0 Å². The number of nitrogens with zero attached hydrogens (tertiary/aromatic N) is 1. The van der Waals surface area contributed by atoms with E-state index in [4.69, 9.17) is 4.74 Å². The van der Waals surface area contributed by atoms with Gasteiger partial charge in [0.05, 0.1) is 12.0 Å². The second-order valence-electron chi connectivity index (χ2n) is 3.80. The van der Waals surface area contributed by atoms with Crippen molar-refractivity contribution >= 4 is 5.69 Å². The molecule has 5 nitrogen and oxygen atoms in total. The fourth-order valence-electron chi connectivity index (χ4n) is 1.31. The Morgan fingerprint density at radius 3 is 2.69 bits per heavy atom. The van der Waals surface area contributed by atoms with Crippen LogP contribution in [0.15, 0.2) is 18.2 Å². The first-order chi connectivity index (χ1) is 7.54. The Morgan fingerprint density at radius 2 is 2.19 bits per heavy atom. The van der Waals surface area contributed by atoms with E-state index in [1.165, 1.54) is 13.2 Å². The lowest BCUT2D eigenvalue weighted by molar-refractivity contribution is -0.385. The van der Waals surface area contributed by atoms with Crippen molar-refractivity contribution in [2.75, 3.05) is 7.11 Å². The molecule has 0 saturated carbocycles. The summed E-state index contributed by atoms with van der Waals surface area (Å²) in [6.45, 7) is 4.67. The molecule has 0 spiro atoms. The summed E-state index contributed by atoms with van der Waals surface area (Å²) in [5.41, 5.74) is 0.881. The lowest BCUT2D eigenvalue weighted by Gasteiger charge is -2.08. The van der Waals surface area contributed by atoms with E-state index in [-0.39, 0.29) is 5.69 Å². The molecule has 0 aromatic heterocycles. The molecule has 0 aliphatic heterocycles. The maximum atomic E-state index is 10.8. The average Bonchev–Trinajstić information content (AvgIpc) is 2.25. The third-order valence-electron chi connectivity index (χ3n) is 2.15. The highest BCUT2D eigenvalue weighted by molar-refractivity contribution is 5.48. The number of nitrogens with one attached hydrogen (secondary N) is 1. The second kappa shape index (κ2) is 5.46. The molecule has 0 bridgehead atoms. The van der Waals surface area contributed by atoms with Crippen LogP contribution in [0.2, 0.25) is 0 Å². The van der Waals surface area contributed by atoms with Gasteiger partial charge in [0.15, 0.2) is 5.75 Å². The van der Waals surface area contributed by atoms with Gasteiger partial charge in [0.2, 0.25) is 0 Å². The predicted molar refractivity (Wildman–Crippen MR) is 61.6 cm³/mol. The van der Waals surface area contributed by atoms with Gasteiger partial charge in [0, 0.05) is 18.7 Å². The number of nitro groups is 1. The van der Waals surface area contributed by atoms with Gasteiger partial charge in [-0.15, -0.1) is 0 Å². The summed E-state index contributed by atoms with van der Waals surface area (Å²) in [5.74, 6) is 0.290. The predicted octanol–water partition coefficient (Wildman–Crippen LogP) is 2.10. The van der Waals surface area contributed by atoms with Crippen LogP contribution in [-0.2, 0) is 6.54 Å². The van der Waals surface area contributed by atoms with Gasteiger partial charge in [-0.2, -0.15) is 0 Å². The molecule has 0 radical (unpaired) electrons. The van der Waals surface area contributed by atoms with Crippen molar-refractivity contribution < 1.29 is 9.66 Å². The molecule has 0 fully saturated rings. The quantitative estimate of drug-likeness (QED) is 0.614. The lowest BCUT2D eigenvalue weighted by atomic mass is 10.2. The minimum Gasteiger partial charge on any atom is -0.490 e. The molecule has 1 rings (SSSR count). The molecule has 0 unspecified atom stereocenters. The highest BCUT2D eigenvalue weighted by Gasteiger charge is 2.14. The third-order valence-corrected chi connectivity index (χ3v) is 2.15. The molecule has 5 heteroatoms. The molecule has 0 heterocycles. The topological polar surface area (TPSA) is 64.4 Å². The van der Waals surface area contributed by atoms with Crippen LogP contribution in [0.1, 0.15) is 19.4 Å². The van der Waals surface area contributed by atoms with Crippen LogP contribution in [0.5, 0.6) is 5.75 Å². The molecule has 0 atom stereocenters. The van der Waals surface area contributed by atoms with Gasteiger partial charge in [-0.1, -0.05) is 19.9 Å². The van der Waals surface area contributed by atoms with Crippen molar-refractivity contribution in [2.45, 2.75) is 26.4 Å². The van der Waals surface area contributed by atoms with Crippen LogP contribution in [0.3, 0.4) is 0 Å². The number of rotatable bonds is 5. The van der Waals surface area contributed by atoms with Crippen molar-refractivity contribution in [1.82, 2.24) is 5.32 Å². The van der Waals surface area contributed by atoms with Gasteiger partial charge >= 0.3 is 5.69 Å². The third kappa shape index (κ3) is 3.20. The van der Waals surface area contributed by atoms with Gasteiger partial charge < -0.3 is 10.1 Å². The molecule has 16 heavy (non-hydrogen) atoms. The second-order valence-corrected chi connectivity index (χ2v) is 3.80. The van der Waals surface area contributed by atoms with E-state index in [1.54, 1.807) is 6.07 Å². The summed E-state index contributed by atoms with van der Waals surface area (Å²) >= 11 is 0. The van der Waals surface area contributed by atoms with Gasteiger partial charge in [-0.25, -0.2) is 0 Å². The van der Waals surface area contributed by atoms with Crippen molar-refractivity contribution in [2.24, 2.45) is 0 Å². The number of hydrogen-bond acceptors (Lipinski definition) is 4. The van der Waals surface area contributed by atoms with Gasteiger partial charge in [-0.05, 0) is 11.6 Å². The number of hydrogen-bond donors (Lipinski definition) is 1. The summed E-state index contributed by atoms with van der Waals surface area (Å²) in [4.78, 5) is 10.3. The van der Waals surface area contributed by atoms with E-state index in [9.17, 15) is 10.1 Å². The minimum atomic E-state index is -0.433. The van der Waals surface area contributed by atoms with E-state index in [0.717, 1.165) is 5.56 Å². The first kappa shape index (κ1) is 12.4. The Kier molecular flexibility index (Phi) is 4.25. The molecule has 0 aliphatic carbocycles.